The highest BCUT2D eigenvalue weighted by atomic mass is 16.5. The number of aromatic amines is 1. The summed E-state index contributed by atoms with van der Waals surface area (Å²) in [5.41, 5.74) is 3.89. The summed E-state index contributed by atoms with van der Waals surface area (Å²) < 4.78 is 5.23. The number of H-pyrrole nitrogens is 1. The maximum absolute atomic E-state index is 12.5. The van der Waals surface area contributed by atoms with Crippen LogP contribution in [0.5, 0.6) is 5.75 Å². The molecule has 1 amide bonds. The molecular weight excluding hydrogens is 338 g/mol. The van der Waals surface area contributed by atoms with E-state index in [-0.39, 0.29) is 5.91 Å². The Balaban J connectivity index is 1.35. The van der Waals surface area contributed by atoms with E-state index in [2.05, 4.69) is 39.5 Å². The summed E-state index contributed by atoms with van der Waals surface area (Å²) in [6, 6.07) is 16.1. The Morgan fingerprint density at radius 2 is 1.81 bits per heavy atom. The Bertz CT molecular complexity index is 924. The third-order valence-electron chi connectivity index (χ3n) is 5.16. The summed E-state index contributed by atoms with van der Waals surface area (Å²) in [6.45, 7) is 3.94. The number of hydrogen-bond acceptors (Lipinski definition) is 3. The van der Waals surface area contributed by atoms with Crippen LogP contribution in [0.4, 0.5) is 0 Å². The number of benzene rings is 2. The molecule has 2 N–H and O–H groups in total. The maximum atomic E-state index is 12.5. The second-order valence-electron chi connectivity index (χ2n) is 7.12. The number of likely N-dealkylation sites (tertiary alicyclic amines) is 1. The fourth-order valence-electron chi connectivity index (χ4n) is 3.59. The van der Waals surface area contributed by atoms with Crippen LogP contribution in [0.1, 0.15) is 34.5 Å². The molecule has 1 aliphatic heterocycles. The van der Waals surface area contributed by atoms with Gasteiger partial charge in [0.1, 0.15) is 11.4 Å². The van der Waals surface area contributed by atoms with Crippen molar-refractivity contribution in [2.24, 2.45) is 0 Å². The number of nitrogens with one attached hydrogen (secondary N) is 2. The van der Waals surface area contributed by atoms with E-state index in [0.717, 1.165) is 28.8 Å². The lowest BCUT2D eigenvalue weighted by Crippen LogP contribution is -2.23. The molecule has 0 bridgehead atoms. The third kappa shape index (κ3) is 4.14. The highest BCUT2D eigenvalue weighted by Crippen LogP contribution is 2.21. The molecule has 0 aliphatic carbocycles. The van der Waals surface area contributed by atoms with Gasteiger partial charge >= 0.3 is 0 Å². The number of fused-ring (bicyclic) bond motifs is 1. The van der Waals surface area contributed by atoms with Crippen LogP contribution in [0.15, 0.2) is 48.5 Å². The molecule has 4 rings (SSSR count). The van der Waals surface area contributed by atoms with E-state index < -0.39 is 0 Å². The molecule has 1 saturated heterocycles. The smallest absolute Gasteiger partial charge is 0.267 e. The van der Waals surface area contributed by atoms with Gasteiger partial charge in [-0.15, -0.1) is 0 Å². The van der Waals surface area contributed by atoms with E-state index in [9.17, 15) is 4.79 Å². The van der Waals surface area contributed by atoms with Crippen molar-refractivity contribution in [2.45, 2.75) is 25.9 Å². The molecule has 0 atom stereocenters. The second kappa shape index (κ2) is 7.84. The highest BCUT2D eigenvalue weighted by Gasteiger charge is 2.12. The molecule has 0 spiro atoms. The number of methoxy groups -OCH3 is 1. The molecule has 140 valence electrons. The van der Waals surface area contributed by atoms with Gasteiger partial charge in [0.05, 0.1) is 7.11 Å². The zero-order valence-electron chi connectivity index (χ0n) is 15.6. The van der Waals surface area contributed by atoms with Gasteiger partial charge in [-0.1, -0.05) is 24.3 Å². The Kier molecular flexibility index (Phi) is 5.12. The quantitative estimate of drug-likeness (QED) is 0.702. The second-order valence-corrected chi connectivity index (χ2v) is 7.12. The first-order valence-corrected chi connectivity index (χ1v) is 9.46. The van der Waals surface area contributed by atoms with Crippen molar-refractivity contribution in [3.63, 3.8) is 0 Å². The van der Waals surface area contributed by atoms with Gasteiger partial charge in [-0.3, -0.25) is 9.69 Å². The van der Waals surface area contributed by atoms with Gasteiger partial charge in [-0.2, -0.15) is 0 Å². The van der Waals surface area contributed by atoms with E-state index >= 15 is 0 Å². The molecular formula is C22H25N3O2. The first-order chi connectivity index (χ1) is 13.2. The molecule has 2 heterocycles. The molecule has 0 saturated carbocycles. The Morgan fingerprint density at radius 3 is 2.56 bits per heavy atom. The summed E-state index contributed by atoms with van der Waals surface area (Å²) in [4.78, 5) is 18.1. The molecule has 0 unspecified atom stereocenters. The zero-order valence-corrected chi connectivity index (χ0v) is 15.6. The number of rotatable bonds is 6. The number of amides is 1. The van der Waals surface area contributed by atoms with Crippen molar-refractivity contribution >= 4 is 16.8 Å². The highest BCUT2D eigenvalue weighted by molar-refractivity contribution is 5.98. The molecule has 3 aromatic rings. The number of ether oxygens (including phenoxy) is 1. The third-order valence-corrected chi connectivity index (χ3v) is 5.16. The monoisotopic (exact) mass is 363 g/mol. The van der Waals surface area contributed by atoms with E-state index in [0.29, 0.717) is 12.2 Å². The topological polar surface area (TPSA) is 57.4 Å². The predicted octanol–water partition coefficient (Wildman–Crippen LogP) is 3.70. The van der Waals surface area contributed by atoms with Crippen LogP contribution in [0, 0.1) is 0 Å². The van der Waals surface area contributed by atoms with Crippen LogP contribution < -0.4 is 10.1 Å². The Labute approximate surface area is 159 Å². The average Bonchev–Trinajstić information content (AvgIpc) is 3.36. The SMILES string of the molecule is COc1ccc2cc(C(=O)NCc3ccc(CN4CCCC4)cc3)[nH]c2c1. The first kappa shape index (κ1) is 17.6. The van der Waals surface area contributed by atoms with E-state index in [1.807, 2.05) is 24.3 Å². The molecule has 0 radical (unpaired) electrons. The van der Waals surface area contributed by atoms with Gasteiger partial charge in [0, 0.05) is 30.1 Å². The summed E-state index contributed by atoms with van der Waals surface area (Å²) >= 11 is 0. The van der Waals surface area contributed by atoms with Crippen molar-refractivity contribution in [1.29, 1.82) is 0 Å². The fourth-order valence-corrected chi connectivity index (χ4v) is 3.59. The minimum atomic E-state index is -0.105. The van der Waals surface area contributed by atoms with Crippen LogP contribution >= 0.6 is 0 Å². The molecule has 5 heteroatoms. The van der Waals surface area contributed by atoms with Crippen LogP contribution in [0.25, 0.3) is 10.9 Å². The van der Waals surface area contributed by atoms with Gasteiger partial charge in [0.15, 0.2) is 0 Å². The van der Waals surface area contributed by atoms with Crippen LogP contribution in [-0.4, -0.2) is 36.0 Å². The number of carbonyl (C=O) groups is 1. The van der Waals surface area contributed by atoms with Crippen molar-refractivity contribution < 1.29 is 9.53 Å². The number of aromatic nitrogens is 1. The fraction of sp³-hybridized carbons (Fsp3) is 0.318. The van der Waals surface area contributed by atoms with E-state index in [4.69, 9.17) is 4.74 Å². The lowest BCUT2D eigenvalue weighted by molar-refractivity contribution is 0.0946. The van der Waals surface area contributed by atoms with E-state index in [1.165, 1.54) is 31.5 Å². The number of hydrogen-bond donors (Lipinski definition) is 2. The molecule has 1 aliphatic rings. The minimum absolute atomic E-state index is 0.105. The molecule has 5 nitrogen and oxygen atoms in total. The molecule has 1 aromatic heterocycles. The van der Waals surface area contributed by atoms with Crippen LogP contribution in [0.3, 0.4) is 0 Å². The van der Waals surface area contributed by atoms with E-state index in [1.54, 1.807) is 7.11 Å². The van der Waals surface area contributed by atoms with Crippen molar-refractivity contribution in [3.8, 4) is 5.75 Å². The summed E-state index contributed by atoms with van der Waals surface area (Å²) in [5, 5.41) is 3.98. The summed E-state index contributed by atoms with van der Waals surface area (Å²) in [7, 11) is 1.63. The maximum Gasteiger partial charge on any atom is 0.267 e. The number of carbonyl (C=O) groups excluding carboxylic acids is 1. The van der Waals surface area contributed by atoms with Crippen molar-refractivity contribution in [1.82, 2.24) is 15.2 Å². The van der Waals surface area contributed by atoms with Crippen LogP contribution in [0.2, 0.25) is 0 Å². The standard InChI is InChI=1S/C22H25N3O2/c1-27-19-9-8-18-12-21(24-20(18)13-19)22(26)23-14-16-4-6-17(7-5-16)15-25-10-2-3-11-25/h4-9,12-13,24H,2-3,10-11,14-15H2,1H3,(H,23,26). The van der Waals surface area contributed by atoms with Gasteiger partial charge in [-0.05, 0) is 55.3 Å². The Morgan fingerprint density at radius 1 is 1.07 bits per heavy atom. The zero-order chi connectivity index (χ0) is 18.6. The van der Waals surface area contributed by atoms with Crippen molar-refractivity contribution in [2.75, 3.05) is 20.2 Å². The lowest BCUT2D eigenvalue weighted by atomic mass is 10.1. The predicted molar refractivity (Wildman–Crippen MR) is 107 cm³/mol. The number of nitrogens with zero attached hydrogens (tertiary/aromatic N) is 1. The molecule has 27 heavy (non-hydrogen) atoms. The van der Waals surface area contributed by atoms with Gasteiger partial charge in [0.25, 0.3) is 5.91 Å². The molecule has 1 fully saturated rings. The Hall–Kier alpha value is -2.79. The van der Waals surface area contributed by atoms with Gasteiger partial charge in [0.2, 0.25) is 0 Å². The normalized spacial score (nSPS) is 14.6. The summed E-state index contributed by atoms with van der Waals surface area (Å²) in [5.74, 6) is 0.664. The largest absolute Gasteiger partial charge is 0.497 e. The molecule has 2 aromatic carbocycles. The average molecular weight is 363 g/mol. The minimum Gasteiger partial charge on any atom is -0.497 e. The van der Waals surface area contributed by atoms with Gasteiger partial charge < -0.3 is 15.0 Å². The van der Waals surface area contributed by atoms with Crippen molar-refractivity contribution in [3.05, 3.63) is 65.4 Å². The summed E-state index contributed by atoms with van der Waals surface area (Å²) in [6.07, 6.45) is 2.62. The van der Waals surface area contributed by atoms with Gasteiger partial charge in [-0.25, -0.2) is 0 Å². The first-order valence-electron chi connectivity index (χ1n) is 9.46. The van der Waals surface area contributed by atoms with Crippen LogP contribution in [-0.2, 0) is 13.1 Å². The lowest BCUT2D eigenvalue weighted by Gasteiger charge is -2.14.